The van der Waals surface area contributed by atoms with Gasteiger partial charge in [0.05, 0.1) is 6.61 Å². The maximum absolute atomic E-state index is 8.76. The maximum atomic E-state index is 8.76. The number of aliphatic hydroxyl groups is 1. The molecule has 1 rings (SSSR count). The van der Waals surface area contributed by atoms with E-state index in [1.165, 1.54) is 11.1 Å². The lowest BCUT2D eigenvalue weighted by Gasteiger charge is -2.24. The Morgan fingerprint density at radius 3 is 2.31 bits per heavy atom. The van der Waals surface area contributed by atoms with Crippen LogP contribution in [-0.2, 0) is 16.6 Å². The lowest BCUT2D eigenvalue weighted by Crippen LogP contribution is -2.23. The Kier molecular flexibility index (Phi) is 4.97. The zero-order valence-electron chi connectivity index (χ0n) is 10.5. The summed E-state index contributed by atoms with van der Waals surface area (Å²) in [6.07, 6.45) is 1.78. The molecule has 2 heteroatoms. The van der Waals surface area contributed by atoms with Crippen molar-refractivity contribution in [1.82, 2.24) is 0 Å². The van der Waals surface area contributed by atoms with Gasteiger partial charge < -0.3 is 9.84 Å². The second-order valence-electron chi connectivity index (χ2n) is 4.84. The first-order chi connectivity index (χ1) is 7.60. The fourth-order valence-corrected chi connectivity index (χ4v) is 1.85. The second-order valence-corrected chi connectivity index (χ2v) is 4.84. The summed E-state index contributed by atoms with van der Waals surface area (Å²) in [7, 11) is 1.73. The Balaban J connectivity index is 2.70. The highest BCUT2D eigenvalue weighted by atomic mass is 16.5. The van der Waals surface area contributed by atoms with E-state index >= 15 is 0 Å². The molecule has 0 radical (unpaired) electrons. The molecular formula is C14H22O2. The van der Waals surface area contributed by atoms with Crippen molar-refractivity contribution in [1.29, 1.82) is 0 Å². The smallest absolute Gasteiger partial charge is 0.0553 e. The number of methoxy groups -OCH3 is 1. The van der Waals surface area contributed by atoms with E-state index in [0.29, 0.717) is 0 Å². The number of rotatable bonds is 6. The van der Waals surface area contributed by atoms with Gasteiger partial charge in [0.15, 0.2) is 0 Å². The van der Waals surface area contributed by atoms with E-state index in [1.54, 1.807) is 7.11 Å². The van der Waals surface area contributed by atoms with Gasteiger partial charge in [0.1, 0.15) is 0 Å². The van der Waals surface area contributed by atoms with Crippen LogP contribution < -0.4 is 0 Å². The van der Waals surface area contributed by atoms with Crippen LogP contribution in [0, 0.1) is 0 Å². The van der Waals surface area contributed by atoms with E-state index in [9.17, 15) is 0 Å². The van der Waals surface area contributed by atoms with E-state index in [1.807, 2.05) is 0 Å². The molecule has 0 heterocycles. The largest absolute Gasteiger partial charge is 0.396 e. The minimum atomic E-state index is 0.0598. The van der Waals surface area contributed by atoms with Crippen LogP contribution in [-0.4, -0.2) is 25.4 Å². The minimum absolute atomic E-state index is 0.0598. The molecule has 0 bridgehead atoms. The molecule has 90 valence electrons. The van der Waals surface area contributed by atoms with E-state index in [-0.39, 0.29) is 12.0 Å². The lowest BCUT2D eigenvalue weighted by atomic mass is 9.85. The van der Waals surface area contributed by atoms with Crippen LogP contribution in [0.3, 0.4) is 0 Å². The SMILES string of the molecule is COCC(C)(C)c1ccc(CCCO)cc1. The molecule has 16 heavy (non-hydrogen) atoms. The first-order valence-electron chi connectivity index (χ1n) is 5.79. The van der Waals surface area contributed by atoms with Crippen molar-refractivity contribution < 1.29 is 9.84 Å². The van der Waals surface area contributed by atoms with Crippen LogP contribution in [0.2, 0.25) is 0 Å². The molecule has 0 aliphatic carbocycles. The molecule has 1 aromatic rings. The van der Waals surface area contributed by atoms with Crippen molar-refractivity contribution in [2.75, 3.05) is 20.3 Å². The van der Waals surface area contributed by atoms with Gasteiger partial charge in [-0.2, -0.15) is 0 Å². The summed E-state index contributed by atoms with van der Waals surface area (Å²) < 4.78 is 5.22. The van der Waals surface area contributed by atoms with Gasteiger partial charge in [-0.15, -0.1) is 0 Å². The molecule has 0 fully saturated rings. The highest BCUT2D eigenvalue weighted by Gasteiger charge is 2.19. The zero-order valence-corrected chi connectivity index (χ0v) is 10.5. The molecule has 0 aliphatic rings. The van der Waals surface area contributed by atoms with Crippen LogP contribution in [0.4, 0.5) is 0 Å². The van der Waals surface area contributed by atoms with Crippen LogP contribution >= 0.6 is 0 Å². The molecule has 2 nitrogen and oxygen atoms in total. The molecule has 0 unspecified atom stereocenters. The predicted molar refractivity (Wildman–Crippen MR) is 66.8 cm³/mol. The van der Waals surface area contributed by atoms with Crippen LogP contribution in [0.5, 0.6) is 0 Å². The average Bonchev–Trinajstić information content (AvgIpc) is 2.27. The highest BCUT2D eigenvalue weighted by molar-refractivity contribution is 5.28. The molecule has 0 atom stereocenters. The molecule has 0 aromatic heterocycles. The van der Waals surface area contributed by atoms with E-state index in [0.717, 1.165) is 19.4 Å². The Bertz CT molecular complexity index is 301. The van der Waals surface area contributed by atoms with Gasteiger partial charge in [-0.25, -0.2) is 0 Å². The summed E-state index contributed by atoms with van der Waals surface area (Å²) >= 11 is 0. The summed E-state index contributed by atoms with van der Waals surface area (Å²) in [5.74, 6) is 0. The molecule has 0 amide bonds. The summed E-state index contributed by atoms with van der Waals surface area (Å²) in [5.41, 5.74) is 2.64. The quantitative estimate of drug-likeness (QED) is 0.801. The average molecular weight is 222 g/mol. The predicted octanol–water partition coefficient (Wildman–Crippen LogP) is 2.54. The number of benzene rings is 1. The first-order valence-corrected chi connectivity index (χ1v) is 5.79. The number of aliphatic hydroxyl groups excluding tert-OH is 1. The van der Waals surface area contributed by atoms with Gasteiger partial charge in [-0.3, -0.25) is 0 Å². The van der Waals surface area contributed by atoms with Crippen molar-refractivity contribution in [2.45, 2.75) is 32.1 Å². The summed E-state index contributed by atoms with van der Waals surface area (Å²) in [5, 5.41) is 8.76. The van der Waals surface area contributed by atoms with Crippen LogP contribution in [0.1, 0.15) is 31.4 Å². The molecular weight excluding hydrogens is 200 g/mol. The summed E-state index contributed by atoms with van der Waals surface area (Å²) in [6.45, 7) is 5.35. The van der Waals surface area contributed by atoms with Crippen molar-refractivity contribution in [3.8, 4) is 0 Å². The number of hydrogen-bond donors (Lipinski definition) is 1. The van der Waals surface area contributed by atoms with Crippen molar-refractivity contribution in [3.63, 3.8) is 0 Å². The van der Waals surface area contributed by atoms with Crippen molar-refractivity contribution in [2.24, 2.45) is 0 Å². The van der Waals surface area contributed by atoms with Crippen LogP contribution in [0.25, 0.3) is 0 Å². The molecule has 0 saturated heterocycles. The van der Waals surface area contributed by atoms with E-state index in [4.69, 9.17) is 9.84 Å². The van der Waals surface area contributed by atoms with Gasteiger partial charge in [0, 0.05) is 19.1 Å². The fourth-order valence-electron chi connectivity index (χ4n) is 1.85. The topological polar surface area (TPSA) is 29.5 Å². The summed E-state index contributed by atoms with van der Waals surface area (Å²) in [6, 6.07) is 8.60. The molecule has 0 aliphatic heterocycles. The van der Waals surface area contributed by atoms with Crippen molar-refractivity contribution >= 4 is 0 Å². The Morgan fingerprint density at radius 1 is 1.19 bits per heavy atom. The second kappa shape index (κ2) is 6.02. The van der Waals surface area contributed by atoms with Crippen LogP contribution in [0.15, 0.2) is 24.3 Å². The molecule has 0 spiro atoms. The standard InChI is InChI=1S/C14H22O2/c1-14(2,11-16-3)13-8-6-12(7-9-13)5-4-10-15/h6-9,15H,4-5,10-11H2,1-3H3. The maximum Gasteiger partial charge on any atom is 0.0553 e. The van der Waals surface area contributed by atoms with Gasteiger partial charge in [-0.05, 0) is 24.0 Å². The third-order valence-corrected chi connectivity index (χ3v) is 2.86. The van der Waals surface area contributed by atoms with Gasteiger partial charge >= 0.3 is 0 Å². The highest BCUT2D eigenvalue weighted by Crippen LogP contribution is 2.23. The van der Waals surface area contributed by atoms with E-state index < -0.39 is 0 Å². The number of aryl methyl sites for hydroxylation is 1. The van der Waals surface area contributed by atoms with E-state index in [2.05, 4.69) is 38.1 Å². The zero-order chi connectivity index (χ0) is 12.0. The molecule has 1 aromatic carbocycles. The van der Waals surface area contributed by atoms with Gasteiger partial charge in [0.2, 0.25) is 0 Å². The van der Waals surface area contributed by atoms with Gasteiger partial charge in [-0.1, -0.05) is 38.1 Å². The number of ether oxygens (including phenoxy) is 1. The van der Waals surface area contributed by atoms with Gasteiger partial charge in [0.25, 0.3) is 0 Å². The summed E-state index contributed by atoms with van der Waals surface area (Å²) in [4.78, 5) is 0. The third-order valence-electron chi connectivity index (χ3n) is 2.86. The molecule has 0 saturated carbocycles. The lowest BCUT2D eigenvalue weighted by molar-refractivity contribution is 0.146. The normalized spacial score (nSPS) is 11.8. The fraction of sp³-hybridized carbons (Fsp3) is 0.571. The minimum Gasteiger partial charge on any atom is -0.396 e. The Hall–Kier alpha value is -0.860. The first kappa shape index (κ1) is 13.2. The third kappa shape index (κ3) is 3.62. The Morgan fingerprint density at radius 2 is 1.81 bits per heavy atom. The monoisotopic (exact) mass is 222 g/mol. The van der Waals surface area contributed by atoms with Crippen molar-refractivity contribution in [3.05, 3.63) is 35.4 Å². The Labute approximate surface area is 98.3 Å². The number of hydrogen-bond acceptors (Lipinski definition) is 2. The molecule has 1 N–H and O–H groups in total.